The summed E-state index contributed by atoms with van der Waals surface area (Å²) < 4.78 is 33.8. The lowest BCUT2D eigenvalue weighted by atomic mass is 9.98. The van der Waals surface area contributed by atoms with Crippen LogP contribution in [0.25, 0.3) is 11.1 Å². The summed E-state index contributed by atoms with van der Waals surface area (Å²) in [7, 11) is -0.0240. The average Bonchev–Trinajstić information content (AvgIpc) is 3.10. The van der Waals surface area contributed by atoms with Gasteiger partial charge in [-0.3, -0.25) is 0 Å². The molecule has 1 aliphatic carbocycles. The average molecular weight is 359 g/mol. The Hall–Kier alpha value is -2.34. The summed E-state index contributed by atoms with van der Waals surface area (Å²) in [4.78, 5) is 4.66. The quantitative estimate of drug-likeness (QED) is 0.816. The van der Waals surface area contributed by atoms with E-state index in [-0.39, 0.29) is 0 Å². The van der Waals surface area contributed by atoms with Crippen LogP contribution in [-0.4, -0.2) is 33.9 Å². The number of sulfone groups is 1. The fourth-order valence-electron chi connectivity index (χ4n) is 3.18. The Bertz CT molecular complexity index is 915. The first-order valence-corrected chi connectivity index (χ1v) is 9.94. The zero-order valence-corrected chi connectivity index (χ0v) is 15.4. The highest BCUT2D eigenvalue weighted by Gasteiger charge is 2.20. The fourth-order valence-corrected chi connectivity index (χ4v) is 3.81. The number of hydrogen-bond donors (Lipinski definition) is 0. The monoisotopic (exact) mass is 359 g/mol. The number of pyridine rings is 1. The Balaban J connectivity index is 2.03. The minimum atomic E-state index is -3.18. The van der Waals surface area contributed by atoms with Gasteiger partial charge in [-0.1, -0.05) is 12.1 Å². The van der Waals surface area contributed by atoms with Gasteiger partial charge in [0.15, 0.2) is 15.6 Å². The van der Waals surface area contributed by atoms with Gasteiger partial charge in [0, 0.05) is 18.0 Å². The smallest absolute Gasteiger partial charge is 0.256 e. The molecule has 1 aromatic carbocycles. The summed E-state index contributed by atoms with van der Waals surface area (Å²) in [6.07, 6.45) is 6.00. The van der Waals surface area contributed by atoms with Crippen molar-refractivity contribution in [2.75, 3.05) is 20.5 Å². The van der Waals surface area contributed by atoms with Crippen molar-refractivity contribution in [3.8, 4) is 11.6 Å². The van der Waals surface area contributed by atoms with Crippen molar-refractivity contribution in [1.29, 1.82) is 0 Å². The van der Waals surface area contributed by atoms with E-state index >= 15 is 0 Å². The number of nitrogens with zero attached hydrogens (tertiary/aromatic N) is 1. The first-order valence-electron chi connectivity index (χ1n) is 8.05. The van der Waals surface area contributed by atoms with Crippen molar-refractivity contribution in [1.82, 2.24) is 4.98 Å². The number of ether oxygens (including phenoxy) is 2. The highest BCUT2D eigenvalue weighted by atomic mass is 32.2. The molecule has 2 aromatic rings. The number of methoxy groups -OCH3 is 2. The van der Waals surface area contributed by atoms with E-state index in [0.717, 1.165) is 30.4 Å². The molecule has 0 saturated carbocycles. The van der Waals surface area contributed by atoms with E-state index in [1.54, 1.807) is 32.5 Å². The molecule has 0 saturated heterocycles. The second-order valence-electron chi connectivity index (χ2n) is 6.04. The van der Waals surface area contributed by atoms with Crippen LogP contribution in [0.15, 0.2) is 41.4 Å². The normalized spacial score (nSPS) is 14.7. The van der Waals surface area contributed by atoms with Gasteiger partial charge in [0.05, 0.1) is 19.1 Å². The minimum Gasteiger partial charge on any atom is -0.491 e. The van der Waals surface area contributed by atoms with Gasteiger partial charge in [0.2, 0.25) is 0 Å². The van der Waals surface area contributed by atoms with Gasteiger partial charge < -0.3 is 9.47 Å². The topological polar surface area (TPSA) is 65.5 Å². The van der Waals surface area contributed by atoms with E-state index in [4.69, 9.17) is 9.47 Å². The van der Waals surface area contributed by atoms with Crippen molar-refractivity contribution >= 4 is 21.0 Å². The lowest BCUT2D eigenvalue weighted by Gasteiger charge is -2.12. The molecule has 5 nitrogen and oxygen atoms in total. The van der Waals surface area contributed by atoms with E-state index in [1.807, 2.05) is 18.2 Å². The molecule has 0 fully saturated rings. The zero-order valence-electron chi connectivity index (χ0n) is 14.6. The van der Waals surface area contributed by atoms with Gasteiger partial charge in [-0.05, 0) is 54.2 Å². The van der Waals surface area contributed by atoms with Gasteiger partial charge in [0.1, 0.15) is 0 Å². The van der Waals surface area contributed by atoms with E-state index in [9.17, 15) is 8.42 Å². The summed E-state index contributed by atoms with van der Waals surface area (Å²) in [6, 6.07) is 9.04. The molecule has 0 aliphatic heterocycles. The molecule has 0 amide bonds. The Morgan fingerprint density at radius 1 is 0.960 bits per heavy atom. The molecule has 0 N–H and O–H groups in total. The van der Waals surface area contributed by atoms with Crippen LogP contribution >= 0.6 is 0 Å². The highest BCUT2D eigenvalue weighted by Crippen LogP contribution is 2.41. The molecule has 0 spiro atoms. The Morgan fingerprint density at radius 2 is 1.60 bits per heavy atom. The maximum absolute atomic E-state index is 11.6. The van der Waals surface area contributed by atoms with E-state index < -0.39 is 9.84 Å². The maximum atomic E-state index is 11.6. The SMILES string of the molecule is COc1cc(C2=C(c3ccc(S(C)(=O)=O)cc3)CCC2)cnc1OC. The van der Waals surface area contributed by atoms with Gasteiger partial charge >= 0.3 is 0 Å². The first-order chi connectivity index (χ1) is 11.9. The largest absolute Gasteiger partial charge is 0.491 e. The summed E-state index contributed by atoms with van der Waals surface area (Å²) in [5.41, 5.74) is 4.52. The molecule has 1 aliphatic rings. The van der Waals surface area contributed by atoms with Crippen LogP contribution < -0.4 is 9.47 Å². The Kier molecular flexibility index (Phi) is 4.81. The number of benzene rings is 1. The molecule has 3 rings (SSSR count). The predicted molar refractivity (Wildman–Crippen MR) is 97.6 cm³/mol. The molecule has 25 heavy (non-hydrogen) atoms. The number of hydrogen-bond acceptors (Lipinski definition) is 5. The lowest BCUT2D eigenvalue weighted by molar-refractivity contribution is 0.343. The van der Waals surface area contributed by atoms with E-state index in [2.05, 4.69) is 4.98 Å². The highest BCUT2D eigenvalue weighted by molar-refractivity contribution is 7.90. The van der Waals surface area contributed by atoms with E-state index in [1.165, 1.54) is 17.4 Å². The van der Waals surface area contributed by atoms with Crippen LogP contribution in [0.1, 0.15) is 30.4 Å². The van der Waals surface area contributed by atoms with Crippen molar-refractivity contribution < 1.29 is 17.9 Å². The molecule has 6 heteroatoms. The van der Waals surface area contributed by atoms with Crippen LogP contribution in [0.2, 0.25) is 0 Å². The Labute approximate surface area is 148 Å². The summed E-state index contributed by atoms with van der Waals surface area (Å²) in [6.45, 7) is 0. The molecule has 132 valence electrons. The molecule has 0 radical (unpaired) electrons. The fraction of sp³-hybridized carbons (Fsp3) is 0.316. The van der Waals surface area contributed by atoms with Gasteiger partial charge in [-0.15, -0.1) is 0 Å². The zero-order chi connectivity index (χ0) is 18.0. The second kappa shape index (κ2) is 6.88. The van der Waals surface area contributed by atoms with Crippen molar-refractivity contribution in [3.05, 3.63) is 47.7 Å². The van der Waals surface area contributed by atoms with Crippen LogP contribution in [0.4, 0.5) is 0 Å². The minimum absolute atomic E-state index is 0.337. The Morgan fingerprint density at radius 3 is 2.16 bits per heavy atom. The van der Waals surface area contributed by atoms with E-state index in [0.29, 0.717) is 16.5 Å². The van der Waals surface area contributed by atoms with Crippen LogP contribution in [0.5, 0.6) is 11.6 Å². The third-order valence-corrected chi connectivity index (χ3v) is 5.56. The molecule has 0 bridgehead atoms. The molecule has 1 heterocycles. The van der Waals surface area contributed by atoms with Crippen LogP contribution in [0, 0.1) is 0 Å². The maximum Gasteiger partial charge on any atom is 0.256 e. The van der Waals surface area contributed by atoms with Gasteiger partial charge in [-0.2, -0.15) is 0 Å². The second-order valence-corrected chi connectivity index (χ2v) is 8.06. The van der Waals surface area contributed by atoms with Crippen LogP contribution in [0.3, 0.4) is 0 Å². The van der Waals surface area contributed by atoms with Crippen molar-refractivity contribution in [3.63, 3.8) is 0 Å². The summed E-state index contributed by atoms with van der Waals surface area (Å²) in [5, 5.41) is 0. The predicted octanol–water partition coefficient (Wildman–Crippen LogP) is 3.60. The summed E-state index contributed by atoms with van der Waals surface area (Å²) >= 11 is 0. The lowest BCUT2D eigenvalue weighted by Crippen LogP contribution is -1.97. The third-order valence-electron chi connectivity index (χ3n) is 4.43. The number of rotatable bonds is 5. The molecular formula is C19H21NO4S. The van der Waals surface area contributed by atoms with Crippen molar-refractivity contribution in [2.45, 2.75) is 24.2 Å². The molecular weight excluding hydrogens is 338 g/mol. The molecule has 0 unspecified atom stereocenters. The third kappa shape index (κ3) is 3.54. The standard InChI is InChI=1S/C19H21NO4S/c1-23-18-11-14(12-20-19(18)24-2)17-6-4-5-16(17)13-7-9-15(10-8-13)25(3,21)22/h7-12H,4-6H2,1-3H3. The summed E-state index contributed by atoms with van der Waals surface area (Å²) in [5.74, 6) is 1.06. The molecule has 1 aromatic heterocycles. The van der Waals surface area contributed by atoms with Gasteiger partial charge in [-0.25, -0.2) is 13.4 Å². The van der Waals surface area contributed by atoms with Crippen molar-refractivity contribution in [2.24, 2.45) is 0 Å². The van der Waals surface area contributed by atoms with Crippen LogP contribution in [-0.2, 0) is 9.84 Å². The molecule has 0 atom stereocenters. The van der Waals surface area contributed by atoms with Gasteiger partial charge in [0.25, 0.3) is 5.88 Å². The number of allylic oxidation sites excluding steroid dienone is 2. The number of aromatic nitrogens is 1. The first kappa shape index (κ1) is 17.5.